The predicted octanol–water partition coefficient (Wildman–Crippen LogP) is 7.36. The number of ether oxygens (including phenoxy) is 3. The second-order valence-corrected chi connectivity index (χ2v) is 15.8. The van der Waals surface area contributed by atoms with Crippen LogP contribution in [0.25, 0.3) is 5.52 Å². The number of aliphatic hydroxyl groups is 2. The van der Waals surface area contributed by atoms with Crippen LogP contribution >= 0.6 is 19.4 Å². The monoisotopic (exact) mass is 820 g/mol. The van der Waals surface area contributed by atoms with Crippen molar-refractivity contribution in [3.8, 4) is 12.1 Å². The highest BCUT2D eigenvalue weighted by molar-refractivity contribution is 7.47. The highest BCUT2D eigenvalue weighted by atomic mass is 35.5. The summed E-state index contributed by atoms with van der Waals surface area (Å²) < 4.78 is 41.8. The minimum atomic E-state index is -4.90. The third kappa shape index (κ3) is 15.6. The van der Waals surface area contributed by atoms with Gasteiger partial charge in [-0.05, 0) is 42.3 Å². The molecule has 3 rings (SSSR count). The van der Waals surface area contributed by atoms with Gasteiger partial charge in [0.1, 0.15) is 42.8 Å². The van der Waals surface area contributed by atoms with E-state index in [9.17, 15) is 30.2 Å². The lowest BCUT2D eigenvalue weighted by Crippen LogP contribution is -2.50. The number of nitrogens with zero attached hydrogens (tertiary/aromatic N) is 5. The van der Waals surface area contributed by atoms with Crippen LogP contribution in [0, 0.1) is 22.7 Å². The quantitative estimate of drug-likeness (QED) is 0.0381. The Balaban J connectivity index is 1.50. The summed E-state index contributed by atoms with van der Waals surface area (Å²) in [7, 11) is -3.82. The number of methoxy groups -OCH3 is 1. The Kier molecular flexibility index (Phi) is 21.3. The van der Waals surface area contributed by atoms with Crippen LogP contribution in [-0.2, 0) is 34.4 Å². The molecule has 5 atom stereocenters. The van der Waals surface area contributed by atoms with Crippen molar-refractivity contribution < 1.29 is 42.9 Å². The minimum Gasteiger partial charge on any atom is -0.386 e. The lowest BCUT2D eigenvalue weighted by Gasteiger charge is -2.33. The number of anilines is 1. The summed E-state index contributed by atoms with van der Waals surface area (Å²) in [5.41, 5.74) is 4.89. The van der Waals surface area contributed by atoms with Crippen LogP contribution in [0.4, 0.5) is 5.82 Å². The zero-order valence-electron chi connectivity index (χ0n) is 32.6. The number of rotatable bonds is 30. The number of unbranched alkanes of at least 4 members (excludes halogenated alkanes) is 13. The van der Waals surface area contributed by atoms with E-state index in [0.29, 0.717) is 28.3 Å². The highest BCUT2D eigenvalue weighted by Crippen LogP contribution is 2.45. The standard InChI is InChI=1S/C39H58ClN6O9P/c1-3-4-5-6-7-8-9-10-11-12-13-14-15-16-19-52-25-33(53-24-31-20-30(23-41)21-32(40)22-31)26-54-56(49,50)55-28-39(27-42,51-2)37(48)36(47)34-17-18-35-38(43)44-29-45-46(34)35/h17-18,20-22,29,33,36-37,47-48H,3-16,19,24-26,28H2,1-2H3,(H,49,50)(H2,43,44,45)/t33-,36-,37-,39+/m0/s1. The Bertz CT molecular complexity index is 1740. The molecule has 0 bridgehead atoms. The number of fused-ring (bicyclic) bond motifs is 1. The molecule has 0 fully saturated rings. The lowest BCUT2D eigenvalue weighted by atomic mass is 9.93. The number of aromatic nitrogens is 3. The van der Waals surface area contributed by atoms with Crippen LogP contribution < -0.4 is 5.73 Å². The van der Waals surface area contributed by atoms with Crippen molar-refractivity contribution >= 4 is 30.8 Å². The van der Waals surface area contributed by atoms with Gasteiger partial charge in [-0.2, -0.15) is 15.6 Å². The van der Waals surface area contributed by atoms with Gasteiger partial charge in [-0.1, -0.05) is 102 Å². The Morgan fingerprint density at radius 2 is 1.59 bits per heavy atom. The van der Waals surface area contributed by atoms with Gasteiger partial charge >= 0.3 is 7.82 Å². The maximum absolute atomic E-state index is 13.1. The van der Waals surface area contributed by atoms with Gasteiger partial charge in [-0.15, -0.1) is 0 Å². The van der Waals surface area contributed by atoms with Crippen LogP contribution in [0.1, 0.15) is 120 Å². The molecular weight excluding hydrogens is 763 g/mol. The van der Waals surface area contributed by atoms with E-state index in [-0.39, 0.29) is 24.7 Å². The van der Waals surface area contributed by atoms with E-state index in [1.807, 2.05) is 6.07 Å². The molecule has 1 unspecified atom stereocenters. The molecule has 2 aromatic heterocycles. The summed E-state index contributed by atoms with van der Waals surface area (Å²) in [6.07, 6.45) is 13.9. The van der Waals surface area contributed by atoms with E-state index >= 15 is 0 Å². The van der Waals surface area contributed by atoms with Gasteiger partial charge in [0.2, 0.25) is 5.60 Å². The van der Waals surface area contributed by atoms with Crippen molar-refractivity contribution in [1.82, 2.24) is 14.6 Å². The fraction of sp³-hybridized carbons (Fsp3) is 0.641. The van der Waals surface area contributed by atoms with Crippen LogP contribution in [0.3, 0.4) is 0 Å². The molecule has 15 nitrogen and oxygen atoms in total. The average molecular weight is 821 g/mol. The molecule has 310 valence electrons. The van der Waals surface area contributed by atoms with Crippen molar-refractivity contribution in [3.05, 3.63) is 58.5 Å². The fourth-order valence-corrected chi connectivity index (χ4v) is 7.23. The smallest absolute Gasteiger partial charge is 0.386 e. The molecule has 3 aromatic rings. The SMILES string of the molecule is CCCCCCCCCCCCCCCCOC[C@@H](COP(=O)(O)OC[C@@](C#N)(OC)[C@@H](O)[C@@H](O)c1ccc2c(N)ncnn12)OCc1cc(Cl)cc(C#N)c1. The number of benzene rings is 1. The topological polar surface area (TPSA) is 228 Å². The predicted molar refractivity (Wildman–Crippen MR) is 211 cm³/mol. The number of hydrogen-bond donors (Lipinski definition) is 4. The van der Waals surface area contributed by atoms with Crippen LogP contribution in [0.2, 0.25) is 5.02 Å². The normalized spacial score (nSPS) is 15.4. The summed E-state index contributed by atoms with van der Waals surface area (Å²) >= 11 is 6.15. The van der Waals surface area contributed by atoms with E-state index in [1.165, 1.54) is 93.3 Å². The van der Waals surface area contributed by atoms with E-state index in [0.717, 1.165) is 32.7 Å². The molecule has 56 heavy (non-hydrogen) atoms. The van der Waals surface area contributed by atoms with E-state index in [1.54, 1.807) is 18.2 Å². The molecule has 2 heterocycles. The summed E-state index contributed by atoms with van der Waals surface area (Å²) in [5.74, 6) is 0.120. The second kappa shape index (κ2) is 25.2. The molecule has 0 saturated carbocycles. The average Bonchev–Trinajstić information content (AvgIpc) is 3.64. The third-order valence-corrected chi connectivity index (χ3v) is 10.7. The largest absolute Gasteiger partial charge is 0.472 e. The van der Waals surface area contributed by atoms with E-state index < -0.39 is 44.9 Å². The third-order valence-electron chi connectivity index (χ3n) is 9.53. The minimum absolute atomic E-state index is 0.00163. The zero-order valence-corrected chi connectivity index (χ0v) is 34.2. The maximum Gasteiger partial charge on any atom is 0.472 e. The molecule has 0 saturated heterocycles. The number of hydrogen-bond acceptors (Lipinski definition) is 13. The number of halogens is 1. The van der Waals surface area contributed by atoms with Crippen molar-refractivity contribution in [3.63, 3.8) is 0 Å². The number of aliphatic hydroxyl groups excluding tert-OH is 2. The van der Waals surface area contributed by atoms with Crippen LogP contribution in [0.15, 0.2) is 36.7 Å². The first-order valence-corrected chi connectivity index (χ1v) is 21.3. The first-order chi connectivity index (χ1) is 27.0. The van der Waals surface area contributed by atoms with Gasteiger partial charge in [0.25, 0.3) is 0 Å². The number of nitriles is 2. The Morgan fingerprint density at radius 3 is 2.20 bits per heavy atom. The van der Waals surface area contributed by atoms with Crippen LogP contribution in [0.5, 0.6) is 0 Å². The molecule has 5 N–H and O–H groups in total. The molecule has 0 spiro atoms. The molecule has 0 amide bonds. The van der Waals surface area contributed by atoms with Gasteiger partial charge in [0, 0.05) is 18.7 Å². The van der Waals surface area contributed by atoms with E-state index in [4.69, 9.17) is 40.6 Å². The van der Waals surface area contributed by atoms with Gasteiger partial charge in [0.15, 0.2) is 5.82 Å². The molecule has 17 heteroatoms. The number of phosphoric acid groups is 1. The van der Waals surface area contributed by atoms with Crippen molar-refractivity contribution in [2.75, 3.05) is 39.3 Å². The number of phosphoric ester groups is 1. The lowest BCUT2D eigenvalue weighted by molar-refractivity contribution is -0.134. The van der Waals surface area contributed by atoms with E-state index in [2.05, 4.69) is 17.0 Å². The summed E-state index contributed by atoms with van der Waals surface area (Å²) in [6, 6.07) is 11.5. The maximum atomic E-state index is 13.1. The molecule has 0 radical (unpaired) electrons. The molecule has 1 aromatic carbocycles. The summed E-state index contributed by atoms with van der Waals surface area (Å²) in [6.45, 7) is 1.30. The molecule has 0 aliphatic carbocycles. The number of nitrogens with two attached hydrogens (primary N) is 1. The molecular formula is C39H58ClN6O9P. The fourth-order valence-electron chi connectivity index (χ4n) is 6.19. The van der Waals surface area contributed by atoms with Crippen molar-refractivity contribution in [2.45, 2.75) is 127 Å². The second-order valence-electron chi connectivity index (χ2n) is 13.9. The first kappa shape index (κ1) is 47.2. The van der Waals surface area contributed by atoms with Crippen molar-refractivity contribution in [2.24, 2.45) is 0 Å². The summed E-state index contributed by atoms with van der Waals surface area (Å²) in [5, 5.41) is 45.9. The first-order valence-electron chi connectivity index (χ1n) is 19.4. The Morgan fingerprint density at radius 1 is 0.946 bits per heavy atom. The number of nitrogen functional groups attached to an aromatic ring is 1. The molecule has 0 aliphatic rings. The molecule has 0 aliphatic heterocycles. The van der Waals surface area contributed by atoms with Crippen molar-refractivity contribution in [1.29, 1.82) is 10.5 Å². The zero-order chi connectivity index (χ0) is 40.8. The highest BCUT2D eigenvalue weighted by Gasteiger charge is 2.46. The van der Waals surface area contributed by atoms with Crippen LogP contribution in [-0.4, -0.2) is 81.1 Å². The Hall–Kier alpha value is -3.18. The van der Waals surface area contributed by atoms with Gasteiger partial charge < -0.3 is 35.1 Å². The summed E-state index contributed by atoms with van der Waals surface area (Å²) in [4.78, 5) is 14.5. The Labute approximate surface area is 335 Å². The van der Waals surface area contributed by atoms with Gasteiger partial charge in [-0.25, -0.2) is 14.1 Å². The van der Waals surface area contributed by atoms with Gasteiger partial charge in [-0.3, -0.25) is 9.05 Å². The van der Waals surface area contributed by atoms with Gasteiger partial charge in [0.05, 0.1) is 37.1 Å².